The third kappa shape index (κ3) is 3.12. The summed E-state index contributed by atoms with van der Waals surface area (Å²) in [7, 11) is 3.95. The number of amides is 2. The van der Waals surface area contributed by atoms with Crippen molar-refractivity contribution in [3.05, 3.63) is 53.3 Å². The molecule has 126 valence electrons. The summed E-state index contributed by atoms with van der Waals surface area (Å²) in [6, 6.07) is 10.8. The third-order valence-electron chi connectivity index (χ3n) is 3.82. The van der Waals surface area contributed by atoms with Crippen molar-refractivity contribution in [2.75, 3.05) is 14.1 Å². The highest BCUT2D eigenvalue weighted by Gasteiger charge is 2.39. The van der Waals surface area contributed by atoms with Gasteiger partial charge < -0.3 is 9.32 Å². The fourth-order valence-corrected chi connectivity index (χ4v) is 3.77. The Morgan fingerprint density at radius 1 is 1.08 bits per heavy atom. The van der Waals surface area contributed by atoms with Crippen LogP contribution in [0, 0.1) is 0 Å². The van der Waals surface area contributed by atoms with E-state index in [1.807, 2.05) is 38.1 Å². The van der Waals surface area contributed by atoms with Crippen molar-refractivity contribution in [3.63, 3.8) is 0 Å². The zero-order chi connectivity index (χ0) is 17.3. The van der Waals surface area contributed by atoms with Gasteiger partial charge >= 0.3 is 0 Å². The average molecular weight is 344 g/mol. The average Bonchev–Trinajstić information content (AvgIpc) is 3.09. The summed E-state index contributed by atoms with van der Waals surface area (Å²) in [5.41, 5.74) is 0.962. The summed E-state index contributed by atoms with van der Waals surface area (Å²) in [6.07, 6.45) is 0.653. The molecule has 2 amide bonds. The van der Waals surface area contributed by atoms with Crippen molar-refractivity contribution < 1.29 is 14.0 Å². The van der Waals surface area contributed by atoms with E-state index in [9.17, 15) is 9.59 Å². The Labute approximate surface area is 145 Å². The molecule has 0 fully saturated rings. The maximum Gasteiger partial charge on any atom is 0.262 e. The lowest BCUT2D eigenvalue weighted by atomic mass is 10.1. The van der Waals surface area contributed by atoms with Crippen molar-refractivity contribution >= 4 is 23.6 Å². The summed E-state index contributed by atoms with van der Waals surface area (Å²) in [4.78, 5) is 28.6. The minimum absolute atomic E-state index is 0.227. The van der Waals surface area contributed by atoms with E-state index < -0.39 is 0 Å². The van der Waals surface area contributed by atoms with Crippen LogP contribution in [-0.2, 0) is 6.54 Å². The molecule has 6 heteroatoms. The molecule has 1 aromatic carbocycles. The van der Waals surface area contributed by atoms with Gasteiger partial charge in [0.15, 0.2) is 5.09 Å². The van der Waals surface area contributed by atoms with Crippen LogP contribution in [0.2, 0.25) is 0 Å². The molecule has 0 saturated heterocycles. The smallest absolute Gasteiger partial charge is 0.262 e. The maximum atomic E-state index is 12.6. The highest BCUT2D eigenvalue weighted by Crippen LogP contribution is 2.34. The molecule has 5 nitrogen and oxygen atoms in total. The number of carbonyl (C=O) groups is 2. The van der Waals surface area contributed by atoms with Crippen LogP contribution in [0.1, 0.15) is 39.8 Å². The first-order chi connectivity index (χ1) is 11.5. The number of fused-ring (bicyclic) bond motifs is 1. The summed E-state index contributed by atoms with van der Waals surface area (Å²) in [5.74, 6) is 0.407. The van der Waals surface area contributed by atoms with Gasteiger partial charge in [-0.2, -0.15) is 0 Å². The molecule has 0 spiro atoms. The van der Waals surface area contributed by atoms with Crippen LogP contribution in [0.15, 0.2) is 45.9 Å². The number of hydrogen-bond donors (Lipinski definition) is 0. The zero-order valence-electron chi connectivity index (χ0n) is 14.0. The molecular formula is C18H20N2O3S. The lowest BCUT2D eigenvalue weighted by Crippen LogP contribution is -2.37. The van der Waals surface area contributed by atoms with Crippen LogP contribution in [0.25, 0.3) is 0 Å². The molecular weight excluding hydrogens is 324 g/mol. The van der Waals surface area contributed by atoms with Crippen molar-refractivity contribution in [2.24, 2.45) is 0 Å². The van der Waals surface area contributed by atoms with Gasteiger partial charge in [0.1, 0.15) is 5.76 Å². The summed E-state index contributed by atoms with van der Waals surface area (Å²) in [5, 5.41) is 0.436. The van der Waals surface area contributed by atoms with Crippen LogP contribution in [0.4, 0.5) is 0 Å². The molecule has 2 aromatic rings. The SMILES string of the molecule is CCC(Sc1ccc(CN(C)C)o1)N1C(=O)c2ccccc2C1=O. The molecule has 0 aliphatic carbocycles. The molecule has 24 heavy (non-hydrogen) atoms. The van der Waals surface area contributed by atoms with E-state index in [1.165, 1.54) is 16.7 Å². The monoisotopic (exact) mass is 344 g/mol. The van der Waals surface area contributed by atoms with Gasteiger partial charge in [-0.1, -0.05) is 30.8 Å². The first-order valence-electron chi connectivity index (χ1n) is 7.88. The van der Waals surface area contributed by atoms with Gasteiger partial charge in [0.25, 0.3) is 11.8 Å². The van der Waals surface area contributed by atoms with E-state index in [2.05, 4.69) is 0 Å². The predicted molar refractivity (Wildman–Crippen MR) is 93.0 cm³/mol. The molecule has 0 N–H and O–H groups in total. The number of rotatable bonds is 6. The molecule has 1 aromatic heterocycles. The molecule has 0 saturated carbocycles. The second-order valence-corrected chi connectivity index (χ2v) is 7.15. The van der Waals surface area contributed by atoms with Crippen molar-refractivity contribution in [1.29, 1.82) is 0 Å². The molecule has 3 rings (SSSR count). The van der Waals surface area contributed by atoms with Gasteiger partial charge in [0.2, 0.25) is 0 Å². The van der Waals surface area contributed by atoms with Crippen LogP contribution >= 0.6 is 11.8 Å². The first kappa shape index (κ1) is 16.8. The topological polar surface area (TPSA) is 53.8 Å². The Morgan fingerprint density at radius 3 is 2.25 bits per heavy atom. The van der Waals surface area contributed by atoms with Gasteiger partial charge in [0, 0.05) is 0 Å². The van der Waals surface area contributed by atoms with E-state index in [0.29, 0.717) is 24.1 Å². The fourth-order valence-electron chi connectivity index (χ4n) is 2.74. The molecule has 1 atom stereocenters. The maximum absolute atomic E-state index is 12.6. The number of carbonyl (C=O) groups excluding carboxylic acids is 2. The minimum Gasteiger partial charge on any atom is -0.453 e. The van der Waals surface area contributed by atoms with Gasteiger partial charge in [-0.05, 0) is 44.8 Å². The summed E-state index contributed by atoms with van der Waals surface area (Å²) >= 11 is 1.41. The highest BCUT2D eigenvalue weighted by molar-refractivity contribution is 7.99. The van der Waals surface area contributed by atoms with Crippen molar-refractivity contribution in [1.82, 2.24) is 9.80 Å². The lowest BCUT2D eigenvalue weighted by Gasteiger charge is -2.23. The predicted octanol–water partition coefficient (Wildman–Crippen LogP) is 3.47. The molecule has 0 bridgehead atoms. The number of furan rings is 1. The minimum atomic E-state index is -0.282. The summed E-state index contributed by atoms with van der Waals surface area (Å²) < 4.78 is 5.81. The van der Waals surface area contributed by atoms with Gasteiger partial charge in [-0.15, -0.1) is 0 Å². The highest BCUT2D eigenvalue weighted by atomic mass is 32.2. The molecule has 1 unspecified atom stereocenters. The lowest BCUT2D eigenvalue weighted by molar-refractivity contribution is 0.0635. The third-order valence-corrected chi connectivity index (χ3v) is 5.09. The number of hydrogen-bond acceptors (Lipinski definition) is 5. The Hall–Kier alpha value is -2.05. The Bertz CT molecular complexity index is 734. The normalized spacial score (nSPS) is 15.2. The Kier molecular flexibility index (Phi) is 4.78. The second kappa shape index (κ2) is 6.83. The number of nitrogens with zero attached hydrogens (tertiary/aromatic N) is 2. The van der Waals surface area contributed by atoms with E-state index in [4.69, 9.17) is 4.42 Å². The number of imide groups is 1. The number of thioether (sulfide) groups is 1. The van der Waals surface area contributed by atoms with E-state index in [-0.39, 0.29) is 17.2 Å². The van der Waals surface area contributed by atoms with Crippen molar-refractivity contribution in [3.8, 4) is 0 Å². The second-order valence-electron chi connectivity index (χ2n) is 5.97. The van der Waals surface area contributed by atoms with Crippen LogP contribution < -0.4 is 0 Å². The largest absolute Gasteiger partial charge is 0.453 e. The standard InChI is InChI=1S/C18H20N2O3S/c1-4-15(24-16-10-9-12(23-16)11-19(2)3)20-17(21)13-7-5-6-8-14(13)18(20)22/h5-10,15H,4,11H2,1-3H3. The van der Waals surface area contributed by atoms with Gasteiger partial charge in [-0.25, -0.2) is 0 Å². The summed E-state index contributed by atoms with van der Waals surface area (Å²) in [6.45, 7) is 2.68. The van der Waals surface area contributed by atoms with Gasteiger partial charge in [-0.3, -0.25) is 14.5 Å². The zero-order valence-corrected chi connectivity index (χ0v) is 14.8. The number of benzene rings is 1. The van der Waals surface area contributed by atoms with Crippen LogP contribution in [-0.4, -0.2) is 41.1 Å². The Morgan fingerprint density at radius 2 is 1.71 bits per heavy atom. The molecule has 0 radical (unpaired) electrons. The van der Waals surface area contributed by atoms with E-state index >= 15 is 0 Å². The van der Waals surface area contributed by atoms with Crippen LogP contribution in [0.5, 0.6) is 0 Å². The van der Waals surface area contributed by atoms with E-state index in [0.717, 1.165) is 10.9 Å². The van der Waals surface area contributed by atoms with Crippen LogP contribution in [0.3, 0.4) is 0 Å². The van der Waals surface area contributed by atoms with Crippen molar-refractivity contribution in [2.45, 2.75) is 30.4 Å². The van der Waals surface area contributed by atoms with Gasteiger partial charge in [0.05, 0.1) is 23.0 Å². The first-order valence-corrected chi connectivity index (χ1v) is 8.76. The fraction of sp³-hybridized carbons (Fsp3) is 0.333. The molecule has 1 aliphatic heterocycles. The van der Waals surface area contributed by atoms with E-state index in [1.54, 1.807) is 24.3 Å². The Balaban J connectivity index is 1.79. The quantitative estimate of drug-likeness (QED) is 0.593. The molecule has 2 heterocycles. The molecule has 1 aliphatic rings.